The van der Waals surface area contributed by atoms with Crippen LogP contribution in [0.3, 0.4) is 0 Å². The predicted molar refractivity (Wildman–Crippen MR) is 140 cm³/mol. The molecule has 0 unspecified atom stereocenters. The first-order valence-corrected chi connectivity index (χ1v) is 14.3. The maximum absolute atomic E-state index is 12.4. The lowest BCUT2D eigenvalue weighted by molar-refractivity contribution is -0.153. The predicted octanol–water partition coefficient (Wildman–Crippen LogP) is 7.49. The molecule has 0 spiro atoms. The molecule has 0 aliphatic heterocycles. The summed E-state index contributed by atoms with van der Waals surface area (Å²) in [6, 6.07) is 0. The van der Waals surface area contributed by atoms with Crippen molar-refractivity contribution in [1.82, 2.24) is 0 Å². The van der Waals surface area contributed by atoms with Crippen molar-refractivity contribution in [1.29, 1.82) is 0 Å². The standard InChI is InChI=1S/C31H46O4/c1-5-7-9-11-28(32)34-23-17-19-30(3)22(21-23)13-14-24-25-15-16-27(31(25,4)20-18-26(24)30)35-29(33)12-10-8-6-2/h9-13,23-27H,5-8,14-21H2,1-4H3/b11-9+,12-10+/t23-,24-,25-,26-,27-,30-,31-/m0/s1. The summed E-state index contributed by atoms with van der Waals surface area (Å²) in [4.78, 5) is 24.7. The maximum atomic E-state index is 12.4. The second-order valence-corrected chi connectivity index (χ2v) is 12.0. The van der Waals surface area contributed by atoms with Crippen LogP contribution in [-0.4, -0.2) is 24.1 Å². The Hall–Kier alpha value is -1.84. The van der Waals surface area contributed by atoms with Gasteiger partial charge in [0.1, 0.15) is 12.2 Å². The minimum absolute atomic E-state index is 0.00884. The monoisotopic (exact) mass is 482 g/mol. The zero-order valence-corrected chi connectivity index (χ0v) is 22.4. The summed E-state index contributed by atoms with van der Waals surface area (Å²) in [6.45, 7) is 9.09. The van der Waals surface area contributed by atoms with Gasteiger partial charge in [-0.25, -0.2) is 9.59 Å². The highest BCUT2D eigenvalue weighted by Crippen LogP contribution is 2.65. The highest BCUT2D eigenvalue weighted by Gasteiger charge is 2.59. The van der Waals surface area contributed by atoms with E-state index < -0.39 is 0 Å². The SMILES string of the molecule is CCC/C=C/C(=O)O[C@H]1CC[C@@]2(C)C(=CC[C@H]3[C@@H]4CC[C@H](OC(=O)/C=C/CCC)[C@@]4(C)CC[C@@H]32)C1. The molecule has 35 heavy (non-hydrogen) atoms. The third-order valence-electron chi connectivity index (χ3n) is 9.93. The van der Waals surface area contributed by atoms with Crippen molar-refractivity contribution in [2.24, 2.45) is 28.6 Å². The van der Waals surface area contributed by atoms with E-state index in [9.17, 15) is 9.59 Å². The van der Waals surface area contributed by atoms with E-state index in [1.165, 1.54) is 12.0 Å². The van der Waals surface area contributed by atoms with Crippen LogP contribution in [0.1, 0.15) is 105 Å². The number of allylic oxidation sites excluding steroid dienone is 3. The molecule has 0 aromatic carbocycles. The Labute approximate surface area is 212 Å². The van der Waals surface area contributed by atoms with Crippen molar-refractivity contribution >= 4 is 11.9 Å². The summed E-state index contributed by atoms with van der Waals surface area (Å²) < 4.78 is 11.9. The Kier molecular flexibility index (Phi) is 8.28. The van der Waals surface area contributed by atoms with Gasteiger partial charge in [-0.15, -0.1) is 0 Å². The van der Waals surface area contributed by atoms with Gasteiger partial charge >= 0.3 is 11.9 Å². The minimum Gasteiger partial charge on any atom is -0.459 e. The van der Waals surface area contributed by atoms with E-state index in [-0.39, 0.29) is 35.0 Å². The van der Waals surface area contributed by atoms with Gasteiger partial charge in [0.2, 0.25) is 0 Å². The fourth-order valence-corrected chi connectivity index (χ4v) is 7.95. The Morgan fingerprint density at radius 1 is 0.914 bits per heavy atom. The number of unbranched alkanes of at least 4 members (excludes halogenated alkanes) is 2. The van der Waals surface area contributed by atoms with Crippen LogP contribution in [0.4, 0.5) is 0 Å². The van der Waals surface area contributed by atoms with Crippen LogP contribution in [0.15, 0.2) is 36.0 Å². The number of carbonyl (C=O) groups is 2. The molecule has 0 amide bonds. The van der Waals surface area contributed by atoms with Crippen LogP contribution in [0.25, 0.3) is 0 Å². The average molecular weight is 483 g/mol. The molecule has 0 N–H and O–H groups in total. The molecule has 0 heterocycles. The Balaban J connectivity index is 1.41. The Morgan fingerprint density at radius 3 is 2.29 bits per heavy atom. The smallest absolute Gasteiger partial charge is 0.330 e. The molecule has 0 aromatic heterocycles. The topological polar surface area (TPSA) is 52.6 Å². The van der Waals surface area contributed by atoms with Gasteiger partial charge in [0.05, 0.1) is 0 Å². The van der Waals surface area contributed by atoms with Crippen molar-refractivity contribution in [3.8, 4) is 0 Å². The number of fused-ring (bicyclic) bond motifs is 5. The summed E-state index contributed by atoms with van der Waals surface area (Å²) in [6.07, 6.45) is 22.1. The molecule has 4 nitrogen and oxygen atoms in total. The van der Waals surface area contributed by atoms with Crippen molar-refractivity contribution < 1.29 is 19.1 Å². The number of hydrogen-bond donors (Lipinski definition) is 0. The van der Waals surface area contributed by atoms with Gasteiger partial charge in [-0.3, -0.25) is 0 Å². The largest absolute Gasteiger partial charge is 0.459 e. The number of hydrogen-bond acceptors (Lipinski definition) is 4. The number of carbonyl (C=O) groups excluding carboxylic acids is 2. The lowest BCUT2D eigenvalue weighted by atomic mass is 9.48. The first-order valence-electron chi connectivity index (χ1n) is 14.3. The molecule has 3 saturated carbocycles. The van der Waals surface area contributed by atoms with Crippen molar-refractivity contribution in [2.75, 3.05) is 0 Å². The van der Waals surface area contributed by atoms with E-state index in [2.05, 4.69) is 33.8 Å². The van der Waals surface area contributed by atoms with Crippen LogP contribution in [0.5, 0.6) is 0 Å². The molecule has 4 heteroatoms. The molecular weight excluding hydrogens is 436 g/mol. The molecule has 7 atom stereocenters. The van der Waals surface area contributed by atoms with Crippen LogP contribution < -0.4 is 0 Å². The van der Waals surface area contributed by atoms with Gasteiger partial charge in [0.25, 0.3) is 0 Å². The average Bonchev–Trinajstić information content (AvgIpc) is 3.15. The van der Waals surface area contributed by atoms with Crippen molar-refractivity contribution in [2.45, 2.75) is 117 Å². The highest BCUT2D eigenvalue weighted by molar-refractivity contribution is 5.82. The van der Waals surface area contributed by atoms with Crippen LogP contribution in [0.2, 0.25) is 0 Å². The van der Waals surface area contributed by atoms with E-state index in [1.807, 2.05) is 12.2 Å². The fraction of sp³-hybridized carbons (Fsp3) is 0.742. The van der Waals surface area contributed by atoms with Gasteiger partial charge in [0, 0.05) is 24.0 Å². The second-order valence-electron chi connectivity index (χ2n) is 12.0. The molecular formula is C31H46O4. The second kappa shape index (κ2) is 11.0. The first-order chi connectivity index (χ1) is 16.8. The van der Waals surface area contributed by atoms with E-state index in [0.29, 0.717) is 17.8 Å². The van der Waals surface area contributed by atoms with Crippen molar-refractivity contribution in [3.63, 3.8) is 0 Å². The molecule has 0 aromatic rings. The Morgan fingerprint density at radius 2 is 1.60 bits per heavy atom. The minimum atomic E-state index is -0.189. The number of rotatable bonds is 8. The lowest BCUT2D eigenvalue weighted by Crippen LogP contribution is -2.51. The van der Waals surface area contributed by atoms with E-state index in [0.717, 1.165) is 70.6 Å². The number of ether oxygens (including phenoxy) is 2. The molecule has 4 aliphatic carbocycles. The van der Waals surface area contributed by atoms with Gasteiger partial charge in [0.15, 0.2) is 0 Å². The molecule has 0 radical (unpaired) electrons. The first kappa shape index (κ1) is 26.2. The normalized spacial score (nSPS) is 38.5. The fourth-order valence-electron chi connectivity index (χ4n) is 7.95. The number of esters is 2. The van der Waals surface area contributed by atoms with E-state index in [4.69, 9.17) is 9.47 Å². The molecule has 4 rings (SSSR count). The van der Waals surface area contributed by atoms with Gasteiger partial charge in [-0.2, -0.15) is 0 Å². The maximum Gasteiger partial charge on any atom is 0.330 e. The zero-order valence-electron chi connectivity index (χ0n) is 22.4. The summed E-state index contributed by atoms with van der Waals surface area (Å²) in [7, 11) is 0. The van der Waals surface area contributed by atoms with Crippen LogP contribution in [-0.2, 0) is 19.1 Å². The van der Waals surface area contributed by atoms with Crippen LogP contribution >= 0.6 is 0 Å². The molecule has 3 fully saturated rings. The Bertz CT molecular complexity index is 869. The zero-order chi connectivity index (χ0) is 25.1. The van der Waals surface area contributed by atoms with Crippen LogP contribution in [0, 0.1) is 28.6 Å². The summed E-state index contributed by atoms with van der Waals surface area (Å²) in [5.74, 6) is 1.61. The van der Waals surface area contributed by atoms with Crippen molar-refractivity contribution in [3.05, 3.63) is 36.0 Å². The van der Waals surface area contributed by atoms with Gasteiger partial charge in [-0.1, -0.05) is 64.3 Å². The quantitative estimate of drug-likeness (QED) is 0.204. The third-order valence-corrected chi connectivity index (χ3v) is 9.93. The molecule has 194 valence electrons. The molecule has 0 bridgehead atoms. The van der Waals surface area contributed by atoms with Gasteiger partial charge < -0.3 is 9.47 Å². The summed E-state index contributed by atoms with van der Waals surface area (Å²) in [5.41, 5.74) is 1.82. The lowest BCUT2D eigenvalue weighted by Gasteiger charge is -2.57. The molecule has 0 saturated heterocycles. The molecule has 4 aliphatic rings. The van der Waals surface area contributed by atoms with Gasteiger partial charge in [-0.05, 0) is 81.0 Å². The van der Waals surface area contributed by atoms with E-state index in [1.54, 1.807) is 12.2 Å². The third kappa shape index (κ3) is 5.32. The van der Waals surface area contributed by atoms with E-state index >= 15 is 0 Å². The highest BCUT2D eigenvalue weighted by atomic mass is 16.5. The summed E-state index contributed by atoms with van der Waals surface area (Å²) >= 11 is 0. The summed E-state index contributed by atoms with van der Waals surface area (Å²) in [5, 5.41) is 0.